The van der Waals surface area contributed by atoms with Crippen LogP contribution in [-0.4, -0.2) is 246 Å². The number of ether oxygens (including phenoxy) is 4. The Morgan fingerprint density at radius 1 is 0.740 bits per heavy atom. The zero-order valence-electron chi connectivity index (χ0n) is 49.5. The summed E-state index contributed by atoms with van der Waals surface area (Å²) in [4.78, 5) is 170. The molecule has 0 aromatic carbocycles. The van der Waals surface area contributed by atoms with Crippen molar-refractivity contribution in [3.63, 3.8) is 0 Å². The smallest absolute Gasteiger partial charge is 0.394 e. The van der Waals surface area contributed by atoms with Crippen LogP contribution in [0, 0.1) is 5.41 Å². The van der Waals surface area contributed by atoms with Crippen molar-refractivity contribution in [3.05, 3.63) is 45.8 Å². The number of aromatic amines is 1. The van der Waals surface area contributed by atoms with Crippen LogP contribution in [-0.2, 0) is 101 Å². The Hall–Kier alpha value is -4.20. The van der Waals surface area contributed by atoms with E-state index >= 15 is 0 Å². The Labute approximate surface area is 540 Å². The second-order valence-corrected chi connectivity index (χ2v) is 30.7. The lowest BCUT2D eigenvalue weighted by molar-refractivity contribution is -0.291. The van der Waals surface area contributed by atoms with E-state index in [2.05, 4.69) is 53.1 Å². The maximum atomic E-state index is 13.7. The van der Waals surface area contributed by atoms with Gasteiger partial charge in [-0.1, -0.05) is 25.6 Å². The average Bonchev–Trinajstić information content (AvgIpc) is 1.42. The molecule has 0 spiro atoms. The summed E-state index contributed by atoms with van der Waals surface area (Å²) in [5.41, 5.74) is 1.94. The van der Waals surface area contributed by atoms with Crippen molar-refractivity contribution in [2.45, 2.75) is 126 Å². The minimum absolute atomic E-state index is 0.0169. The van der Waals surface area contributed by atoms with Crippen molar-refractivity contribution in [3.8, 4) is 0 Å². The number of phosphoric ester groups is 6. The first-order valence-corrected chi connectivity index (χ1v) is 36.9. The van der Waals surface area contributed by atoms with Crippen LogP contribution in [0.2, 0.25) is 0 Å². The fraction of sp³-hybridized carbons (Fsp3) is 0.683. The van der Waals surface area contributed by atoms with Crippen LogP contribution in [0.5, 0.6) is 0 Å². The lowest BCUT2D eigenvalue weighted by Gasteiger charge is -2.46. The molecule has 0 radical (unpaired) electrons. The van der Waals surface area contributed by atoms with Crippen LogP contribution < -0.4 is 32.9 Å². The number of phosphoric acid groups is 6. The molecule has 3 saturated heterocycles. The molecule has 0 bridgehead atoms. The van der Waals surface area contributed by atoms with E-state index in [1.165, 1.54) is 0 Å². The molecule has 96 heavy (non-hydrogen) atoms. The van der Waals surface area contributed by atoms with Gasteiger partial charge < -0.3 is 110 Å². The van der Waals surface area contributed by atoms with Gasteiger partial charge in [-0.3, -0.25) is 60.7 Å². The highest BCUT2D eigenvalue weighted by Gasteiger charge is 2.56. The average molecular weight is 1520 g/mol. The number of nitrogens with two attached hydrogens (primary N) is 1. The predicted molar refractivity (Wildman–Crippen MR) is 308 cm³/mol. The molecule has 48 nitrogen and oxygen atoms in total. The Kier molecular flexibility index (Phi) is 27.1. The highest BCUT2D eigenvalue weighted by atomic mass is 32.2. The Morgan fingerprint density at radius 3 is 1.95 bits per heavy atom. The number of carbonyl (C=O) groups excluding carboxylic acids is 4. The largest absolute Gasteiger partial charge is 0.483 e. The van der Waals surface area contributed by atoms with Gasteiger partial charge in [0.15, 0.2) is 30.2 Å². The molecule has 3 aliphatic rings. The fourth-order valence-electron chi connectivity index (χ4n) is 8.88. The molecule has 55 heteroatoms. The molecular formula is C41H66N10O38P6S. The first-order chi connectivity index (χ1) is 44.2. The summed E-state index contributed by atoms with van der Waals surface area (Å²) >= 11 is 0.143. The van der Waals surface area contributed by atoms with Gasteiger partial charge in [0.2, 0.25) is 28.6 Å². The van der Waals surface area contributed by atoms with E-state index < -0.39 is 230 Å². The second-order valence-electron chi connectivity index (χ2n) is 21.2. The number of amides is 3. The van der Waals surface area contributed by atoms with Crippen LogP contribution in [0.4, 0.5) is 5.82 Å². The molecule has 3 aliphatic heterocycles. The number of nitrogens with one attached hydrogen (secondary N) is 4. The molecule has 19 unspecified atom stereocenters. The Morgan fingerprint density at radius 2 is 1.34 bits per heavy atom. The van der Waals surface area contributed by atoms with Crippen molar-refractivity contribution < 1.29 is 171 Å². The molecule has 3 fully saturated rings. The number of hydrogen-bond donors (Lipinski definition) is 19. The van der Waals surface area contributed by atoms with Crippen molar-refractivity contribution in [2.24, 2.45) is 5.41 Å². The molecular weight excluding hydrogens is 1460 g/mol. The van der Waals surface area contributed by atoms with Gasteiger partial charge in [-0.05, 0) is 6.92 Å². The number of rotatable bonds is 34. The number of anilines is 1. The topological polar surface area (TPSA) is 725 Å². The van der Waals surface area contributed by atoms with Gasteiger partial charge in [-0.2, -0.15) is 8.62 Å². The summed E-state index contributed by atoms with van der Waals surface area (Å²) in [5, 5.41) is 69.1. The van der Waals surface area contributed by atoms with E-state index in [4.69, 9.17) is 38.3 Å². The minimum Gasteiger partial charge on any atom is -0.394 e. The van der Waals surface area contributed by atoms with Crippen molar-refractivity contribution >= 4 is 98.5 Å². The molecule has 6 rings (SSSR count). The number of thioether (sulfide) groups is 1. The van der Waals surface area contributed by atoms with Crippen molar-refractivity contribution in [1.29, 1.82) is 0 Å². The van der Waals surface area contributed by atoms with Crippen molar-refractivity contribution in [2.75, 3.05) is 51.0 Å². The maximum absolute atomic E-state index is 13.7. The number of carbonyl (C=O) groups is 4. The summed E-state index contributed by atoms with van der Waals surface area (Å²) in [6.07, 6.45) is -23.9. The number of aliphatic hydroxyl groups excluding tert-OH is 6. The molecule has 20 N–H and O–H groups in total. The SMILES string of the molecule is CC(=O)NC1C(OP(=O)(O)OP(=O)(O)OCC2OC(n3ccc(=O)[nH]c3=O)C(O)C2O)OC(CO)C(O)C1OC(C)(OP(=O)(O)O)C(=O)SCCNC(=O)CCNC(=O)C(O)C(C)(C)COP(=O)(O)OP(=O)(O)OCC1OC(n2cnc3c(N)ncnc32)C(O)C1OP(=O)(O)O. The number of imidazole rings is 1. The molecule has 19 atom stereocenters. The first-order valence-electron chi connectivity index (χ1n) is 26.9. The van der Waals surface area contributed by atoms with Crippen molar-refractivity contribution in [1.82, 2.24) is 45.0 Å². The van der Waals surface area contributed by atoms with Crippen LogP contribution in [0.25, 0.3) is 11.2 Å². The van der Waals surface area contributed by atoms with Crippen LogP contribution in [0.15, 0.2) is 34.5 Å². The molecule has 3 aromatic rings. The van der Waals surface area contributed by atoms with Crippen LogP contribution in [0.1, 0.15) is 46.6 Å². The summed E-state index contributed by atoms with van der Waals surface area (Å²) < 4.78 is 136. The van der Waals surface area contributed by atoms with Gasteiger partial charge >= 0.3 is 52.6 Å². The number of aliphatic hydroxyl groups is 6. The zero-order valence-corrected chi connectivity index (χ0v) is 55.7. The highest BCUT2D eigenvalue weighted by molar-refractivity contribution is 8.13. The van der Waals surface area contributed by atoms with E-state index in [1.54, 1.807) is 0 Å². The van der Waals surface area contributed by atoms with Gasteiger partial charge in [0, 0.05) is 49.9 Å². The van der Waals surface area contributed by atoms with Crippen LogP contribution >= 0.6 is 58.7 Å². The lowest BCUT2D eigenvalue weighted by atomic mass is 9.87. The normalized spacial score (nSPS) is 28.5. The van der Waals surface area contributed by atoms with E-state index in [0.29, 0.717) is 11.5 Å². The Balaban J connectivity index is 0.978. The molecule has 0 aliphatic carbocycles. The summed E-state index contributed by atoms with van der Waals surface area (Å²) in [6, 6.07) is -1.38. The minimum atomic E-state index is -6.12. The van der Waals surface area contributed by atoms with Gasteiger partial charge in [0.05, 0.1) is 32.8 Å². The summed E-state index contributed by atoms with van der Waals surface area (Å²) in [5.74, 6) is -7.04. The summed E-state index contributed by atoms with van der Waals surface area (Å²) in [6.45, 7) is -2.22. The molecule has 6 heterocycles. The number of aromatic nitrogens is 6. The monoisotopic (exact) mass is 1520 g/mol. The molecule has 0 saturated carbocycles. The molecule has 544 valence electrons. The fourth-order valence-corrected chi connectivity index (χ4v) is 15.3. The highest BCUT2D eigenvalue weighted by Crippen LogP contribution is 2.63. The standard InChI is InChI=1S/C41H66N10O38P6S/c1-17(53)48-23-30(26(57)18(11-52)83-37(23)86-95(76,77)89-93(72,73)78-12-19-25(56)27(58)35(81-19)50-9-6-22(55)49-39(50)63)84-41(4,87-91(67,68)69)38(62)96-10-8-43-21(54)5-7-44-34(61)31(60)40(2,3)14-80-94(74,75)88-92(70,71)79-13-20-29(85-90(64,65)66)28(59)36(82-20)51-16-47-24-32(42)45-15-46-33(24)51/h6,9,15-16,18-20,23,25-31,35-37,52,56-60H,5,7-8,10-14H2,1-4H3,(H,43,54)(H,44,61)(H,48,53)(H,70,71)(H,72,73)(H,74,75)(H,76,77)(H2,42,45,46)(H,49,55,63)(H2,64,65,66)(H2,67,68,69). The third kappa shape index (κ3) is 22.1. The third-order valence-corrected chi connectivity index (χ3v) is 20.6. The van der Waals surface area contributed by atoms with Crippen LogP contribution in [0.3, 0.4) is 0 Å². The molecule has 3 amide bonds. The first kappa shape index (κ1) is 80.8. The zero-order chi connectivity index (χ0) is 72.1. The maximum Gasteiger partial charge on any atom is 0.483 e. The number of fused-ring (bicyclic) bond motifs is 1. The quantitative estimate of drug-likeness (QED) is 0.0150. The number of nitrogens with zero attached hydrogens (tertiary/aromatic N) is 5. The predicted octanol–water partition coefficient (Wildman–Crippen LogP) is -6.12. The number of hydrogen-bond acceptors (Lipinski definition) is 35. The molecule has 3 aromatic heterocycles. The van der Waals surface area contributed by atoms with Gasteiger partial charge in [-0.15, -0.1) is 0 Å². The summed E-state index contributed by atoms with van der Waals surface area (Å²) in [7, 11) is -34.7. The van der Waals surface area contributed by atoms with Gasteiger partial charge in [-0.25, -0.2) is 51.7 Å². The van der Waals surface area contributed by atoms with E-state index in [1.807, 2.05) is 4.98 Å². The number of nitrogen functional groups attached to an aromatic ring is 1. The van der Waals surface area contributed by atoms with E-state index in [0.717, 1.165) is 50.3 Å². The van der Waals surface area contributed by atoms with E-state index in [-0.39, 0.29) is 28.7 Å². The van der Waals surface area contributed by atoms with E-state index in [9.17, 15) is 126 Å². The Bertz CT molecular complexity index is 3710. The second kappa shape index (κ2) is 32.2. The van der Waals surface area contributed by atoms with Gasteiger partial charge in [0.1, 0.15) is 78.9 Å². The third-order valence-electron chi connectivity index (χ3n) is 13.3. The van der Waals surface area contributed by atoms with Gasteiger partial charge in [0.25, 0.3) is 5.56 Å². The lowest BCUT2D eigenvalue weighted by Crippen LogP contribution is -2.67. The number of H-pyrrole nitrogens is 1.